The fourth-order valence-corrected chi connectivity index (χ4v) is 5.07. The predicted octanol–water partition coefficient (Wildman–Crippen LogP) is 3.36. The first-order valence-electron chi connectivity index (χ1n) is 7.35. The van der Waals surface area contributed by atoms with Crippen molar-refractivity contribution in [3.8, 4) is 0 Å². The Labute approximate surface area is 110 Å². The SMILES string of the molecule is C=CC[C@]1(C)C(=O)CC[C@]23COC[C@H]2CCC[C@@H]31. The van der Waals surface area contributed by atoms with E-state index in [1.54, 1.807) is 0 Å². The number of hydrogen-bond donors (Lipinski definition) is 0. The number of carbonyl (C=O) groups is 1. The van der Waals surface area contributed by atoms with Gasteiger partial charge in [0.25, 0.3) is 0 Å². The summed E-state index contributed by atoms with van der Waals surface area (Å²) in [6, 6.07) is 0. The van der Waals surface area contributed by atoms with Crippen molar-refractivity contribution in [1.82, 2.24) is 0 Å². The lowest BCUT2D eigenvalue weighted by Crippen LogP contribution is -2.55. The van der Waals surface area contributed by atoms with Crippen LogP contribution >= 0.6 is 0 Å². The zero-order valence-corrected chi connectivity index (χ0v) is 11.4. The van der Waals surface area contributed by atoms with E-state index in [2.05, 4.69) is 13.5 Å². The van der Waals surface area contributed by atoms with Crippen LogP contribution in [0.4, 0.5) is 0 Å². The molecule has 1 aliphatic heterocycles. The van der Waals surface area contributed by atoms with Gasteiger partial charge in [-0.25, -0.2) is 0 Å². The van der Waals surface area contributed by atoms with Gasteiger partial charge in [-0.15, -0.1) is 6.58 Å². The second-order valence-corrected chi connectivity index (χ2v) is 6.76. The van der Waals surface area contributed by atoms with Crippen molar-refractivity contribution in [2.45, 2.75) is 45.4 Å². The highest BCUT2D eigenvalue weighted by molar-refractivity contribution is 5.86. The van der Waals surface area contributed by atoms with Gasteiger partial charge in [0, 0.05) is 17.3 Å². The molecule has 0 bridgehead atoms. The maximum absolute atomic E-state index is 12.5. The van der Waals surface area contributed by atoms with E-state index in [0.717, 1.165) is 32.5 Å². The van der Waals surface area contributed by atoms with E-state index in [0.29, 0.717) is 23.0 Å². The summed E-state index contributed by atoms with van der Waals surface area (Å²) in [5.74, 6) is 1.68. The van der Waals surface area contributed by atoms with Crippen LogP contribution in [-0.4, -0.2) is 19.0 Å². The third-order valence-electron chi connectivity index (χ3n) is 6.03. The van der Waals surface area contributed by atoms with Crippen LogP contribution in [0, 0.1) is 22.7 Å². The monoisotopic (exact) mass is 248 g/mol. The third-order valence-corrected chi connectivity index (χ3v) is 6.03. The van der Waals surface area contributed by atoms with Gasteiger partial charge in [-0.1, -0.05) is 19.4 Å². The molecule has 0 N–H and O–H groups in total. The molecule has 2 saturated carbocycles. The van der Waals surface area contributed by atoms with Crippen molar-refractivity contribution in [3.63, 3.8) is 0 Å². The Balaban J connectivity index is 2.00. The van der Waals surface area contributed by atoms with Crippen LogP contribution in [-0.2, 0) is 9.53 Å². The van der Waals surface area contributed by atoms with Crippen molar-refractivity contribution in [3.05, 3.63) is 12.7 Å². The molecule has 0 aromatic rings. The van der Waals surface area contributed by atoms with Crippen molar-refractivity contribution in [2.24, 2.45) is 22.7 Å². The van der Waals surface area contributed by atoms with Crippen LogP contribution in [0.15, 0.2) is 12.7 Å². The van der Waals surface area contributed by atoms with Crippen LogP contribution < -0.4 is 0 Å². The van der Waals surface area contributed by atoms with Gasteiger partial charge in [0.1, 0.15) is 5.78 Å². The van der Waals surface area contributed by atoms with Gasteiger partial charge in [-0.05, 0) is 37.5 Å². The molecule has 0 amide bonds. The van der Waals surface area contributed by atoms with Gasteiger partial charge in [0.05, 0.1) is 13.2 Å². The van der Waals surface area contributed by atoms with Gasteiger partial charge in [-0.2, -0.15) is 0 Å². The minimum absolute atomic E-state index is 0.174. The Morgan fingerprint density at radius 2 is 2.33 bits per heavy atom. The van der Waals surface area contributed by atoms with E-state index in [4.69, 9.17) is 4.74 Å². The minimum atomic E-state index is -0.174. The molecule has 0 aromatic carbocycles. The van der Waals surface area contributed by atoms with Crippen molar-refractivity contribution >= 4 is 5.78 Å². The standard InChI is InChI=1S/C16H24O2/c1-3-8-15(2)13-6-4-5-12-10-18-11-16(12,13)9-7-14(15)17/h3,12-13H,1,4-11H2,2H3/t12-,13-,15+,16+/m1/s1. The molecule has 1 saturated heterocycles. The van der Waals surface area contributed by atoms with Crippen LogP contribution in [0.2, 0.25) is 0 Å². The minimum Gasteiger partial charge on any atom is -0.381 e. The van der Waals surface area contributed by atoms with Gasteiger partial charge in [0.2, 0.25) is 0 Å². The lowest BCUT2D eigenvalue weighted by atomic mass is 9.47. The summed E-state index contributed by atoms with van der Waals surface area (Å²) < 4.78 is 5.82. The van der Waals surface area contributed by atoms with E-state index in [1.807, 2.05) is 6.08 Å². The van der Waals surface area contributed by atoms with Gasteiger partial charge < -0.3 is 4.74 Å². The number of hydrogen-bond acceptors (Lipinski definition) is 2. The normalized spacial score (nSPS) is 47.5. The first-order chi connectivity index (χ1) is 8.63. The van der Waals surface area contributed by atoms with Gasteiger partial charge in [-0.3, -0.25) is 4.79 Å². The van der Waals surface area contributed by atoms with E-state index < -0.39 is 0 Å². The lowest BCUT2D eigenvalue weighted by Gasteiger charge is -2.55. The quantitative estimate of drug-likeness (QED) is 0.700. The number of rotatable bonds is 2. The predicted molar refractivity (Wildman–Crippen MR) is 71.2 cm³/mol. The molecule has 1 heterocycles. The summed E-state index contributed by atoms with van der Waals surface area (Å²) in [7, 11) is 0. The van der Waals surface area contributed by atoms with Gasteiger partial charge in [0.15, 0.2) is 0 Å². The van der Waals surface area contributed by atoms with Crippen LogP contribution in [0.5, 0.6) is 0 Å². The summed E-state index contributed by atoms with van der Waals surface area (Å²) in [4.78, 5) is 12.5. The Morgan fingerprint density at radius 1 is 1.50 bits per heavy atom. The van der Waals surface area contributed by atoms with Gasteiger partial charge >= 0.3 is 0 Å². The maximum Gasteiger partial charge on any atom is 0.139 e. The highest BCUT2D eigenvalue weighted by atomic mass is 16.5. The molecule has 1 spiro atoms. The maximum atomic E-state index is 12.5. The molecule has 0 unspecified atom stereocenters. The number of Topliss-reactive ketones (excluding diaryl/α,β-unsaturated/α-hetero) is 1. The van der Waals surface area contributed by atoms with E-state index >= 15 is 0 Å². The topological polar surface area (TPSA) is 26.3 Å². The molecular formula is C16H24O2. The smallest absolute Gasteiger partial charge is 0.139 e. The highest BCUT2D eigenvalue weighted by Gasteiger charge is 2.60. The molecule has 2 aliphatic carbocycles. The molecule has 4 atom stereocenters. The first-order valence-corrected chi connectivity index (χ1v) is 7.35. The molecule has 18 heavy (non-hydrogen) atoms. The largest absolute Gasteiger partial charge is 0.381 e. The average molecular weight is 248 g/mol. The van der Waals surface area contributed by atoms with E-state index in [9.17, 15) is 4.79 Å². The van der Waals surface area contributed by atoms with Crippen LogP contribution in [0.25, 0.3) is 0 Å². The zero-order valence-electron chi connectivity index (χ0n) is 11.4. The molecule has 3 aliphatic rings. The molecule has 3 rings (SSSR count). The van der Waals surface area contributed by atoms with Crippen LogP contribution in [0.3, 0.4) is 0 Å². The van der Waals surface area contributed by atoms with Crippen LogP contribution in [0.1, 0.15) is 45.4 Å². The summed E-state index contributed by atoms with van der Waals surface area (Å²) in [6.07, 6.45) is 8.36. The molecule has 2 nitrogen and oxygen atoms in total. The summed E-state index contributed by atoms with van der Waals surface area (Å²) in [5.41, 5.74) is 0.135. The lowest BCUT2D eigenvalue weighted by molar-refractivity contribution is -0.148. The Hall–Kier alpha value is -0.630. The van der Waals surface area contributed by atoms with Crippen molar-refractivity contribution in [2.75, 3.05) is 13.2 Å². The zero-order chi connectivity index (χ0) is 12.8. The first kappa shape index (κ1) is 12.4. The molecule has 0 radical (unpaired) electrons. The summed E-state index contributed by atoms with van der Waals surface area (Å²) in [5, 5.41) is 0. The molecule has 2 heteroatoms. The fourth-order valence-electron chi connectivity index (χ4n) is 5.07. The number of allylic oxidation sites excluding steroid dienone is 1. The number of ether oxygens (including phenoxy) is 1. The second kappa shape index (κ2) is 4.19. The van der Waals surface area contributed by atoms with Crippen molar-refractivity contribution in [1.29, 1.82) is 0 Å². The Morgan fingerprint density at radius 3 is 3.11 bits per heavy atom. The van der Waals surface area contributed by atoms with E-state index in [1.165, 1.54) is 19.3 Å². The third kappa shape index (κ3) is 1.48. The summed E-state index contributed by atoms with van der Waals surface area (Å²) >= 11 is 0. The molecule has 0 aromatic heterocycles. The highest BCUT2D eigenvalue weighted by Crippen LogP contribution is 2.62. The number of ketones is 1. The molecular weight excluding hydrogens is 224 g/mol. The molecule has 100 valence electrons. The summed E-state index contributed by atoms with van der Waals surface area (Å²) in [6.45, 7) is 7.87. The number of carbonyl (C=O) groups excluding carboxylic acids is 1. The average Bonchev–Trinajstić information content (AvgIpc) is 2.78. The molecule has 3 fully saturated rings. The second-order valence-electron chi connectivity index (χ2n) is 6.76. The Bertz CT molecular complexity index is 375. The fraction of sp³-hybridized carbons (Fsp3) is 0.812. The van der Waals surface area contributed by atoms with E-state index in [-0.39, 0.29) is 5.41 Å². The van der Waals surface area contributed by atoms with Crippen molar-refractivity contribution < 1.29 is 9.53 Å². The Kier molecular flexibility index (Phi) is 2.89.